The highest BCUT2D eigenvalue weighted by molar-refractivity contribution is 14.1. The van der Waals surface area contributed by atoms with Crippen LogP contribution >= 0.6 is 67.7 Å². The van der Waals surface area contributed by atoms with Crippen LogP contribution in [0.3, 0.4) is 0 Å². The van der Waals surface area contributed by atoms with E-state index < -0.39 is 30.4 Å². The topological polar surface area (TPSA) is 135 Å². The van der Waals surface area contributed by atoms with E-state index in [-0.39, 0.29) is 55.1 Å². The number of carbonyl (C=O) groups is 2. The smallest absolute Gasteiger partial charge is 0.379 e. The summed E-state index contributed by atoms with van der Waals surface area (Å²) in [5, 5.41) is -0.0253. The van der Waals surface area contributed by atoms with Gasteiger partial charge in [0.05, 0.1) is 48.8 Å². The first-order valence-electron chi connectivity index (χ1n) is 13.0. The van der Waals surface area contributed by atoms with Gasteiger partial charge in [-0.15, -0.1) is 0 Å². The van der Waals surface area contributed by atoms with Crippen molar-refractivity contribution in [2.24, 2.45) is 10.8 Å². The highest BCUT2D eigenvalue weighted by Gasteiger charge is 2.30. The minimum absolute atomic E-state index is 0. The molecule has 0 saturated heterocycles. The summed E-state index contributed by atoms with van der Waals surface area (Å²) in [4.78, 5) is 40.3. The van der Waals surface area contributed by atoms with Crippen LogP contribution in [-0.2, 0) is 39.0 Å². The van der Waals surface area contributed by atoms with E-state index in [9.17, 15) is 18.9 Å². The highest BCUT2D eigenvalue weighted by atomic mass is 127. The summed E-state index contributed by atoms with van der Waals surface area (Å²) in [5.74, 6) is 1.00. The first-order chi connectivity index (χ1) is 18.6. The van der Waals surface area contributed by atoms with E-state index in [1.807, 2.05) is 78.3 Å². The second-order valence-electron chi connectivity index (χ2n) is 10.2. The van der Waals surface area contributed by atoms with E-state index in [1.54, 1.807) is 12.3 Å². The largest absolute Gasteiger partial charge is 0.474 e. The maximum atomic E-state index is 13.3. The lowest BCUT2D eigenvalue weighted by Crippen LogP contribution is -2.27. The molecule has 0 amide bonds. The van der Waals surface area contributed by atoms with Crippen molar-refractivity contribution in [3.8, 4) is 0 Å². The van der Waals surface area contributed by atoms with Gasteiger partial charge < -0.3 is 8.27 Å². The second kappa shape index (κ2) is 21.6. The van der Waals surface area contributed by atoms with Gasteiger partial charge in [0.2, 0.25) is 0 Å². The zero-order valence-electron chi connectivity index (χ0n) is 25.5. The van der Waals surface area contributed by atoms with Crippen molar-refractivity contribution in [1.29, 1.82) is 0 Å². The van der Waals surface area contributed by atoms with Crippen LogP contribution in [0, 0.1) is 10.8 Å². The van der Waals surface area contributed by atoms with Crippen molar-refractivity contribution in [3.63, 3.8) is 0 Å². The average Bonchev–Trinajstić information content (AvgIpc) is 2.89. The number of aryl methyl sites for hydroxylation is 1. The monoisotopic (exact) mass is 771 g/mol. The number of aromatic nitrogens is 2. The number of methoxy groups -OCH3 is 1. The first kappa shape index (κ1) is 43.0. The Kier molecular flexibility index (Phi) is 22.6. The summed E-state index contributed by atoms with van der Waals surface area (Å²) in [6.45, 7) is 15.0. The maximum Gasteiger partial charge on any atom is 0.474 e. The Labute approximate surface area is 274 Å². The van der Waals surface area contributed by atoms with E-state index in [0.29, 0.717) is 18.8 Å². The summed E-state index contributed by atoms with van der Waals surface area (Å²) in [6, 6.07) is 1.67. The minimum Gasteiger partial charge on any atom is -0.379 e. The van der Waals surface area contributed by atoms with Crippen LogP contribution in [0.25, 0.3) is 0 Å². The molecule has 1 rings (SSSR count). The Morgan fingerprint density at radius 2 is 1.51 bits per heavy atom. The maximum absolute atomic E-state index is 13.3. The Morgan fingerprint density at radius 3 is 1.90 bits per heavy atom. The Balaban J connectivity index is 0. The number of hydrogen-bond donors (Lipinski definition) is 1. The van der Waals surface area contributed by atoms with Crippen molar-refractivity contribution in [2.75, 3.05) is 42.0 Å². The molecule has 1 N–H and O–H groups in total. The van der Waals surface area contributed by atoms with E-state index in [4.69, 9.17) is 18.3 Å². The number of ether oxygens (including phenoxy) is 1. The first-order valence-corrected chi connectivity index (χ1v) is 17.5. The molecule has 0 aliphatic rings. The number of rotatable bonds is 16. The standard InChI is InChI=1S/C23H39IN3O8PS2.C2H6.H2S/c1-22(2,3)19(28)37-14-12-33-36(31,34-13-15-38-20(29)23(4,5)6)35-16-17(32-7)8-10-27-11-9-18(26-24)25-21(27)30;1-2;/h9,11,17H,8,10,12-16H2,1-7H3,(H,25,26,30);1-2H3;1H2. The van der Waals surface area contributed by atoms with Gasteiger partial charge in [-0.1, -0.05) is 78.9 Å². The summed E-state index contributed by atoms with van der Waals surface area (Å²) < 4.78 is 39.5. The molecular formula is C25H47IN3O8PS3. The fraction of sp³-hybridized carbons (Fsp3) is 0.760. The molecule has 1 aromatic heterocycles. The van der Waals surface area contributed by atoms with Gasteiger partial charge in [-0.25, -0.2) is 9.36 Å². The normalized spacial score (nSPS) is 12.5. The van der Waals surface area contributed by atoms with Crippen molar-refractivity contribution < 1.29 is 32.5 Å². The number of phosphoric ester groups is 1. The van der Waals surface area contributed by atoms with E-state index in [1.165, 1.54) is 11.7 Å². The van der Waals surface area contributed by atoms with Gasteiger partial charge in [-0.05, 0) is 12.5 Å². The molecule has 0 aliphatic heterocycles. The molecule has 0 aromatic carbocycles. The predicted molar refractivity (Wildman–Crippen MR) is 183 cm³/mol. The number of nitrogens with one attached hydrogen (secondary N) is 1. The zero-order valence-corrected chi connectivity index (χ0v) is 31.2. The van der Waals surface area contributed by atoms with Crippen LogP contribution < -0.4 is 9.22 Å². The number of nitrogens with zero attached hydrogens (tertiary/aromatic N) is 2. The molecule has 0 saturated carbocycles. The lowest BCUT2D eigenvalue weighted by molar-refractivity contribution is -0.118. The summed E-state index contributed by atoms with van der Waals surface area (Å²) in [6.07, 6.45) is 1.48. The number of hydrogen-bond acceptors (Lipinski definition) is 12. The Morgan fingerprint density at radius 1 is 1.02 bits per heavy atom. The summed E-state index contributed by atoms with van der Waals surface area (Å²) in [7, 11) is -2.54. The van der Waals surface area contributed by atoms with Gasteiger partial charge >= 0.3 is 13.5 Å². The molecule has 11 nitrogen and oxygen atoms in total. The van der Waals surface area contributed by atoms with E-state index >= 15 is 0 Å². The lowest BCUT2D eigenvalue weighted by atomic mass is 9.99. The quantitative estimate of drug-likeness (QED) is 0.0873. The fourth-order valence-electron chi connectivity index (χ4n) is 2.49. The predicted octanol–water partition coefficient (Wildman–Crippen LogP) is 6.32. The number of phosphoric acid groups is 1. The van der Waals surface area contributed by atoms with Crippen LogP contribution in [0.2, 0.25) is 0 Å². The number of halogens is 1. The zero-order chi connectivity index (χ0) is 31.0. The second-order valence-corrected chi connectivity index (χ2v) is 14.6. The van der Waals surface area contributed by atoms with Gasteiger partial charge in [-0.2, -0.15) is 18.5 Å². The molecule has 41 heavy (non-hydrogen) atoms. The van der Waals surface area contributed by atoms with Gasteiger partial charge in [-0.3, -0.25) is 27.7 Å². The molecular weight excluding hydrogens is 724 g/mol. The highest BCUT2D eigenvalue weighted by Crippen LogP contribution is 2.50. The molecule has 1 aromatic rings. The number of anilines is 1. The fourth-order valence-corrected chi connectivity index (χ4v) is 5.81. The third-order valence-electron chi connectivity index (χ3n) is 4.77. The Bertz CT molecular complexity index is 981. The van der Waals surface area contributed by atoms with E-state index in [0.717, 1.165) is 23.5 Å². The molecule has 0 bridgehead atoms. The third kappa shape index (κ3) is 18.3. The van der Waals surface area contributed by atoms with Crippen molar-refractivity contribution >= 4 is 83.8 Å². The van der Waals surface area contributed by atoms with Crippen molar-refractivity contribution in [2.45, 2.75) is 74.5 Å². The van der Waals surface area contributed by atoms with Crippen molar-refractivity contribution in [3.05, 3.63) is 22.7 Å². The SMILES string of the molecule is CC.COC(CCn1ccc(NI)nc1=O)COP(=O)(OCCSC(=O)C(C)(C)C)OCCSC(=O)C(C)(C)C.S. The van der Waals surface area contributed by atoms with Gasteiger partial charge in [0.25, 0.3) is 0 Å². The average molecular weight is 772 g/mol. The third-order valence-corrected chi connectivity index (χ3v) is 9.28. The van der Waals surface area contributed by atoms with E-state index in [2.05, 4.69) is 8.51 Å². The van der Waals surface area contributed by atoms with Gasteiger partial charge in [0.15, 0.2) is 10.2 Å². The number of thioether (sulfide) groups is 2. The molecule has 0 fully saturated rings. The molecule has 1 unspecified atom stereocenters. The lowest BCUT2D eigenvalue weighted by Gasteiger charge is -2.22. The molecule has 0 spiro atoms. The van der Waals surface area contributed by atoms with Crippen LogP contribution in [0.1, 0.15) is 61.8 Å². The van der Waals surface area contributed by atoms with Gasteiger partial charge in [0, 0.05) is 42.2 Å². The molecule has 1 heterocycles. The van der Waals surface area contributed by atoms with Gasteiger partial charge in [0.1, 0.15) is 5.82 Å². The molecule has 0 radical (unpaired) electrons. The minimum atomic E-state index is -4.02. The van der Waals surface area contributed by atoms with Crippen molar-refractivity contribution in [1.82, 2.24) is 9.55 Å². The Hall–Kier alpha value is -0.130. The molecule has 1 atom stereocenters. The van der Waals surface area contributed by atoms with Crippen LogP contribution in [-0.4, -0.2) is 64.3 Å². The summed E-state index contributed by atoms with van der Waals surface area (Å²) >= 11 is 4.06. The van der Waals surface area contributed by atoms with Crippen LogP contribution in [0.5, 0.6) is 0 Å². The molecule has 16 heteroatoms. The number of carbonyl (C=O) groups excluding carboxylic acids is 2. The molecule has 0 aliphatic carbocycles. The summed E-state index contributed by atoms with van der Waals surface area (Å²) in [5.41, 5.74) is -1.42. The molecule has 240 valence electrons. The van der Waals surface area contributed by atoms with Crippen LogP contribution in [0.15, 0.2) is 17.1 Å². The van der Waals surface area contributed by atoms with Crippen LogP contribution in [0.4, 0.5) is 5.82 Å².